The zero-order valence-corrected chi connectivity index (χ0v) is 13.1. The molecule has 6 nitrogen and oxygen atoms in total. The summed E-state index contributed by atoms with van der Waals surface area (Å²) in [5.74, 6) is 0.379. The van der Waals surface area contributed by atoms with Crippen LogP contribution in [0.3, 0.4) is 0 Å². The highest BCUT2D eigenvalue weighted by molar-refractivity contribution is 5.78. The van der Waals surface area contributed by atoms with Crippen LogP contribution in [0.5, 0.6) is 5.75 Å². The fourth-order valence-electron chi connectivity index (χ4n) is 2.48. The van der Waals surface area contributed by atoms with Crippen molar-refractivity contribution in [3.63, 3.8) is 0 Å². The molecule has 0 unspecified atom stereocenters. The van der Waals surface area contributed by atoms with E-state index in [1.807, 2.05) is 35.2 Å². The monoisotopic (exact) mass is 326 g/mol. The summed E-state index contributed by atoms with van der Waals surface area (Å²) >= 11 is 0. The maximum Gasteiger partial charge on any atom is 0.269 e. The highest BCUT2D eigenvalue weighted by atomic mass is 16.6. The van der Waals surface area contributed by atoms with Crippen LogP contribution in [0.25, 0.3) is 0 Å². The van der Waals surface area contributed by atoms with Crippen molar-refractivity contribution in [3.8, 4) is 5.75 Å². The summed E-state index contributed by atoms with van der Waals surface area (Å²) < 4.78 is 5.49. The van der Waals surface area contributed by atoms with Crippen LogP contribution in [0.4, 0.5) is 5.69 Å². The number of hydrogen-bond acceptors (Lipinski definition) is 4. The number of amides is 1. The van der Waals surface area contributed by atoms with Gasteiger partial charge in [-0.25, -0.2) is 0 Å². The fraction of sp³-hybridized carbons (Fsp3) is 0.278. The summed E-state index contributed by atoms with van der Waals surface area (Å²) in [4.78, 5) is 24.5. The predicted molar refractivity (Wildman–Crippen MR) is 88.6 cm³/mol. The molecule has 124 valence electrons. The Balaban J connectivity index is 1.58. The van der Waals surface area contributed by atoms with Crippen LogP contribution < -0.4 is 4.74 Å². The van der Waals surface area contributed by atoms with Crippen molar-refractivity contribution in [2.24, 2.45) is 0 Å². The maximum atomic E-state index is 12.5. The molecule has 1 amide bonds. The summed E-state index contributed by atoms with van der Waals surface area (Å²) in [5, 5.41) is 10.6. The van der Waals surface area contributed by atoms with Gasteiger partial charge < -0.3 is 9.64 Å². The minimum atomic E-state index is -0.469. The van der Waals surface area contributed by atoms with Gasteiger partial charge in [0.15, 0.2) is 6.61 Å². The molecule has 0 radical (unpaired) electrons. The molecule has 0 spiro atoms. The Morgan fingerprint density at radius 1 is 1.12 bits per heavy atom. The number of carbonyl (C=O) groups is 1. The topological polar surface area (TPSA) is 72.7 Å². The van der Waals surface area contributed by atoms with Gasteiger partial charge in [0.05, 0.1) is 4.92 Å². The zero-order chi connectivity index (χ0) is 16.9. The van der Waals surface area contributed by atoms with Crippen molar-refractivity contribution in [2.45, 2.75) is 25.4 Å². The van der Waals surface area contributed by atoms with Crippen LogP contribution >= 0.6 is 0 Å². The molecule has 24 heavy (non-hydrogen) atoms. The largest absolute Gasteiger partial charge is 0.484 e. The number of nitrogens with zero attached hydrogens (tertiary/aromatic N) is 2. The van der Waals surface area contributed by atoms with Gasteiger partial charge in [-0.1, -0.05) is 30.3 Å². The lowest BCUT2D eigenvalue weighted by atomic mass is 10.2. The molecular weight excluding hydrogens is 308 g/mol. The van der Waals surface area contributed by atoms with E-state index in [-0.39, 0.29) is 24.2 Å². The van der Waals surface area contributed by atoms with E-state index in [1.165, 1.54) is 24.3 Å². The van der Waals surface area contributed by atoms with Crippen LogP contribution in [-0.4, -0.2) is 28.4 Å². The van der Waals surface area contributed by atoms with Crippen molar-refractivity contribution in [1.29, 1.82) is 0 Å². The first kappa shape index (κ1) is 16.0. The molecule has 1 aliphatic rings. The average Bonchev–Trinajstić information content (AvgIpc) is 3.44. The molecule has 0 heterocycles. The van der Waals surface area contributed by atoms with E-state index in [0.717, 1.165) is 18.4 Å². The number of carbonyl (C=O) groups excluding carboxylic acids is 1. The highest BCUT2D eigenvalue weighted by Gasteiger charge is 2.32. The number of nitro benzene ring substituents is 1. The lowest BCUT2D eigenvalue weighted by molar-refractivity contribution is -0.384. The van der Waals surface area contributed by atoms with Crippen LogP contribution in [0.15, 0.2) is 54.6 Å². The minimum absolute atomic E-state index is 0.00244. The molecule has 1 saturated carbocycles. The zero-order valence-electron chi connectivity index (χ0n) is 13.1. The van der Waals surface area contributed by atoms with Gasteiger partial charge in [0.25, 0.3) is 11.6 Å². The number of ether oxygens (including phenoxy) is 1. The molecule has 3 rings (SSSR count). The summed E-state index contributed by atoms with van der Waals surface area (Å²) in [7, 11) is 0. The normalized spacial score (nSPS) is 13.3. The van der Waals surface area contributed by atoms with Gasteiger partial charge in [-0.2, -0.15) is 0 Å². The first-order valence-electron chi connectivity index (χ1n) is 7.84. The van der Waals surface area contributed by atoms with Gasteiger partial charge in [0.1, 0.15) is 5.75 Å². The molecule has 1 aliphatic carbocycles. The lowest BCUT2D eigenvalue weighted by Gasteiger charge is -2.22. The second-order valence-electron chi connectivity index (χ2n) is 5.78. The molecule has 1 fully saturated rings. The third-order valence-electron chi connectivity index (χ3n) is 3.91. The molecule has 0 aliphatic heterocycles. The first-order chi connectivity index (χ1) is 11.6. The van der Waals surface area contributed by atoms with E-state index in [1.54, 1.807) is 0 Å². The number of non-ortho nitro benzene ring substituents is 1. The molecule has 2 aromatic rings. The van der Waals surface area contributed by atoms with Crippen LogP contribution in [0, 0.1) is 10.1 Å². The molecule has 6 heteroatoms. The predicted octanol–water partition coefficient (Wildman–Crippen LogP) is 3.16. The second-order valence-corrected chi connectivity index (χ2v) is 5.78. The van der Waals surface area contributed by atoms with Gasteiger partial charge >= 0.3 is 0 Å². The number of rotatable bonds is 7. The van der Waals surface area contributed by atoms with Gasteiger partial charge in [-0.05, 0) is 30.5 Å². The van der Waals surface area contributed by atoms with Crippen molar-refractivity contribution in [2.75, 3.05) is 6.61 Å². The van der Waals surface area contributed by atoms with E-state index in [4.69, 9.17) is 4.74 Å². The molecule has 0 N–H and O–H groups in total. The van der Waals surface area contributed by atoms with E-state index in [9.17, 15) is 14.9 Å². The van der Waals surface area contributed by atoms with Gasteiger partial charge in [-0.3, -0.25) is 14.9 Å². The van der Waals surface area contributed by atoms with Gasteiger partial charge in [0, 0.05) is 24.7 Å². The summed E-state index contributed by atoms with van der Waals surface area (Å²) in [5.41, 5.74) is 1.09. The van der Waals surface area contributed by atoms with Gasteiger partial charge in [0.2, 0.25) is 0 Å². The Kier molecular flexibility index (Phi) is 4.74. The van der Waals surface area contributed by atoms with Crippen LogP contribution in [0.2, 0.25) is 0 Å². The Bertz CT molecular complexity index is 712. The summed E-state index contributed by atoms with van der Waals surface area (Å²) in [6.45, 7) is 0.509. The van der Waals surface area contributed by atoms with Crippen LogP contribution in [0.1, 0.15) is 18.4 Å². The molecule has 0 saturated heterocycles. The van der Waals surface area contributed by atoms with E-state index >= 15 is 0 Å². The van der Waals surface area contributed by atoms with Crippen molar-refractivity contribution in [1.82, 2.24) is 4.90 Å². The van der Waals surface area contributed by atoms with E-state index in [0.29, 0.717) is 12.3 Å². The van der Waals surface area contributed by atoms with Crippen molar-refractivity contribution >= 4 is 11.6 Å². The van der Waals surface area contributed by atoms with Crippen molar-refractivity contribution < 1.29 is 14.5 Å². The molecular formula is C18H18N2O4. The van der Waals surface area contributed by atoms with Crippen LogP contribution in [-0.2, 0) is 11.3 Å². The quantitative estimate of drug-likeness (QED) is 0.579. The molecule has 0 bridgehead atoms. The smallest absolute Gasteiger partial charge is 0.269 e. The first-order valence-corrected chi connectivity index (χ1v) is 7.84. The highest BCUT2D eigenvalue weighted by Crippen LogP contribution is 2.28. The number of hydrogen-bond donors (Lipinski definition) is 0. The average molecular weight is 326 g/mol. The molecule has 2 aromatic carbocycles. The van der Waals surface area contributed by atoms with Crippen molar-refractivity contribution in [3.05, 3.63) is 70.3 Å². The Morgan fingerprint density at radius 2 is 1.79 bits per heavy atom. The Hall–Kier alpha value is -2.89. The Labute approximate surface area is 139 Å². The fourth-order valence-corrected chi connectivity index (χ4v) is 2.48. The minimum Gasteiger partial charge on any atom is -0.484 e. The maximum absolute atomic E-state index is 12.5. The SMILES string of the molecule is O=C(COc1ccc([N+](=O)[O-])cc1)N(Cc1ccccc1)C1CC1. The lowest BCUT2D eigenvalue weighted by Crippen LogP contribution is -2.36. The van der Waals surface area contributed by atoms with E-state index < -0.39 is 4.92 Å². The molecule has 0 atom stereocenters. The summed E-state index contributed by atoms with van der Waals surface area (Å²) in [6.07, 6.45) is 2.05. The summed E-state index contributed by atoms with van der Waals surface area (Å²) in [6, 6.07) is 15.9. The molecule has 0 aromatic heterocycles. The van der Waals surface area contributed by atoms with Gasteiger partial charge in [-0.15, -0.1) is 0 Å². The Morgan fingerprint density at radius 3 is 2.38 bits per heavy atom. The third-order valence-corrected chi connectivity index (χ3v) is 3.91. The third kappa shape index (κ3) is 4.10. The second kappa shape index (κ2) is 7.12. The number of nitro groups is 1. The number of benzene rings is 2. The van der Waals surface area contributed by atoms with E-state index in [2.05, 4.69) is 0 Å². The standard InChI is InChI=1S/C18H18N2O4/c21-18(13-24-17-10-8-16(9-11-17)20(22)23)19(15-6-7-15)12-14-4-2-1-3-5-14/h1-5,8-11,15H,6-7,12-13H2.